The van der Waals surface area contributed by atoms with Crippen molar-refractivity contribution in [2.75, 3.05) is 0 Å². The molecule has 2 N–H and O–H groups in total. The molecule has 2 nitrogen and oxygen atoms in total. The average Bonchev–Trinajstić information content (AvgIpc) is 2.26. The number of rotatable bonds is 2. The van der Waals surface area contributed by atoms with Crippen LogP contribution in [0.15, 0.2) is 18.5 Å². The van der Waals surface area contributed by atoms with Gasteiger partial charge in [-0.15, -0.1) is 0 Å². The van der Waals surface area contributed by atoms with Gasteiger partial charge >= 0.3 is 0 Å². The molecule has 0 bridgehead atoms. The number of hydrogen-bond donors (Lipinski definition) is 1. The molecule has 1 atom stereocenters. The lowest BCUT2D eigenvalue weighted by atomic mass is 10.1. The molecule has 0 fully saturated rings. The quantitative estimate of drug-likeness (QED) is 0.718. The lowest BCUT2D eigenvalue weighted by Crippen LogP contribution is -2.15. The standard InChI is InChI=1S/C12H16N2/c1-3-10-7-11(9-14-8-10)5-6-12(13)4-2/h7-9,12H,3-4,13H2,1-2H3/t12-/m1/s1. The van der Waals surface area contributed by atoms with Crippen molar-refractivity contribution in [3.8, 4) is 11.8 Å². The summed E-state index contributed by atoms with van der Waals surface area (Å²) in [4.78, 5) is 4.12. The van der Waals surface area contributed by atoms with Crippen molar-refractivity contribution in [1.29, 1.82) is 0 Å². The Labute approximate surface area is 85.5 Å². The molecule has 0 saturated heterocycles. The maximum Gasteiger partial charge on any atom is 0.0665 e. The number of pyridine rings is 1. The zero-order valence-electron chi connectivity index (χ0n) is 8.75. The van der Waals surface area contributed by atoms with Gasteiger partial charge in [0.15, 0.2) is 0 Å². The summed E-state index contributed by atoms with van der Waals surface area (Å²) >= 11 is 0. The van der Waals surface area contributed by atoms with Gasteiger partial charge in [0.25, 0.3) is 0 Å². The molecular formula is C12H16N2. The van der Waals surface area contributed by atoms with E-state index in [4.69, 9.17) is 5.73 Å². The van der Waals surface area contributed by atoms with Crippen molar-refractivity contribution < 1.29 is 0 Å². The molecule has 0 aliphatic rings. The SMILES string of the molecule is CCc1cncc(C#C[C@H](N)CC)c1. The van der Waals surface area contributed by atoms with Crippen LogP contribution in [0.5, 0.6) is 0 Å². The van der Waals surface area contributed by atoms with Gasteiger partial charge in [0.05, 0.1) is 6.04 Å². The summed E-state index contributed by atoms with van der Waals surface area (Å²) < 4.78 is 0. The van der Waals surface area contributed by atoms with E-state index in [1.807, 2.05) is 13.1 Å². The van der Waals surface area contributed by atoms with Gasteiger partial charge in [0.1, 0.15) is 0 Å². The largest absolute Gasteiger partial charge is 0.318 e. The molecule has 1 aromatic rings. The van der Waals surface area contributed by atoms with E-state index in [0.29, 0.717) is 0 Å². The average molecular weight is 188 g/mol. The van der Waals surface area contributed by atoms with Crippen molar-refractivity contribution in [3.05, 3.63) is 29.6 Å². The summed E-state index contributed by atoms with van der Waals surface area (Å²) in [6, 6.07) is 2.03. The van der Waals surface area contributed by atoms with Crippen LogP contribution in [-0.2, 0) is 6.42 Å². The molecule has 0 saturated carbocycles. The van der Waals surface area contributed by atoms with Crippen LogP contribution in [0.2, 0.25) is 0 Å². The fraction of sp³-hybridized carbons (Fsp3) is 0.417. The molecule has 1 rings (SSSR count). The van der Waals surface area contributed by atoms with Gasteiger partial charge in [-0.3, -0.25) is 4.98 Å². The summed E-state index contributed by atoms with van der Waals surface area (Å²) in [7, 11) is 0. The van der Waals surface area contributed by atoms with Crippen molar-refractivity contribution in [1.82, 2.24) is 4.98 Å². The Morgan fingerprint density at radius 1 is 1.43 bits per heavy atom. The molecule has 0 aliphatic carbocycles. The molecule has 0 aromatic carbocycles. The monoisotopic (exact) mass is 188 g/mol. The van der Waals surface area contributed by atoms with Gasteiger partial charge in [-0.1, -0.05) is 25.7 Å². The zero-order chi connectivity index (χ0) is 10.4. The van der Waals surface area contributed by atoms with Crippen LogP contribution in [0, 0.1) is 11.8 Å². The van der Waals surface area contributed by atoms with Crippen molar-refractivity contribution >= 4 is 0 Å². The number of nitrogens with zero attached hydrogens (tertiary/aromatic N) is 1. The Kier molecular flexibility index (Phi) is 4.15. The number of aromatic nitrogens is 1. The molecule has 14 heavy (non-hydrogen) atoms. The molecule has 0 spiro atoms. The smallest absolute Gasteiger partial charge is 0.0665 e. The maximum atomic E-state index is 5.70. The highest BCUT2D eigenvalue weighted by Gasteiger charge is 1.93. The molecule has 0 amide bonds. The summed E-state index contributed by atoms with van der Waals surface area (Å²) in [5.74, 6) is 6.02. The topological polar surface area (TPSA) is 38.9 Å². The summed E-state index contributed by atoms with van der Waals surface area (Å²) in [6.45, 7) is 4.13. The molecule has 2 heteroatoms. The van der Waals surface area contributed by atoms with Crippen LogP contribution in [0.1, 0.15) is 31.4 Å². The normalized spacial score (nSPS) is 11.6. The summed E-state index contributed by atoms with van der Waals surface area (Å²) in [5, 5.41) is 0. The van der Waals surface area contributed by atoms with Crippen molar-refractivity contribution in [3.63, 3.8) is 0 Å². The molecular weight excluding hydrogens is 172 g/mol. The van der Waals surface area contributed by atoms with E-state index in [2.05, 4.69) is 29.8 Å². The van der Waals surface area contributed by atoms with Gasteiger partial charge in [-0.25, -0.2) is 0 Å². The first-order valence-corrected chi connectivity index (χ1v) is 4.97. The van der Waals surface area contributed by atoms with E-state index in [9.17, 15) is 0 Å². The fourth-order valence-electron chi connectivity index (χ4n) is 1.03. The number of aryl methyl sites for hydroxylation is 1. The fourth-order valence-corrected chi connectivity index (χ4v) is 1.03. The van der Waals surface area contributed by atoms with Crippen LogP contribution < -0.4 is 5.73 Å². The minimum Gasteiger partial charge on any atom is -0.318 e. The predicted octanol–water partition coefficient (Wildman–Crippen LogP) is 1.73. The second-order valence-corrected chi connectivity index (χ2v) is 3.22. The third-order valence-corrected chi connectivity index (χ3v) is 2.04. The van der Waals surface area contributed by atoms with Crippen LogP contribution in [0.25, 0.3) is 0 Å². The van der Waals surface area contributed by atoms with Crippen LogP contribution in [0.4, 0.5) is 0 Å². The van der Waals surface area contributed by atoms with E-state index in [0.717, 1.165) is 18.4 Å². The number of hydrogen-bond acceptors (Lipinski definition) is 2. The first-order valence-electron chi connectivity index (χ1n) is 4.97. The predicted molar refractivity (Wildman–Crippen MR) is 58.8 cm³/mol. The summed E-state index contributed by atoms with van der Waals surface area (Å²) in [5.41, 5.74) is 7.86. The lowest BCUT2D eigenvalue weighted by Gasteiger charge is -1.97. The number of nitrogens with two attached hydrogens (primary N) is 1. The first kappa shape index (κ1) is 10.7. The van der Waals surface area contributed by atoms with Crippen molar-refractivity contribution in [2.24, 2.45) is 5.73 Å². The molecule has 0 unspecified atom stereocenters. The lowest BCUT2D eigenvalue weighted by molar-refractivity contribution is 0.806. The molecule has 1 heterocycles. The first-order chi connectivity index (χ1) is 6.76. The Morgan fingerprint density at radius 3 is 2.86 bits per heavy atom. The van der Waals surface area contributed by atoms with Crippen LogP contribution in [-0.4, -0.2) is 11.0 Å². The Hall–Kier alpha value is -1.33. The minimum atomic E-state index is -0.0275. The second-order valence-electron chi connectivity index (χ2n) is 3.22. The Morgan fingerprint density at radius 2 is 2.21 bits per heavy atom. The third kappa shape index (κ3) is 3.20. The zero-order valence-corrected chi connectivity index (χ0v) is 8.75. The molecule has 0 aliphatic heterocycles. The van der Waals surface area contributed by atoms with E-state index >= 15 is 0 Å². The summed E-state index contributed by atoms with van der Waals surface area (Å²) in [6.07, 6.45) is 5.51. The van der Waals surface area contributed by atoms with Gasteiger partial charge in [-0.2, -0.15) is 0 Å². The molecule has 1 aromatic heterocycles. The van der Waals surface area contributed by atoms with E-state index in [-0.39, 0.29) is 6.04 Å². The van der Waals surface area contributed by atoms with Gasteiger partial charge in [-0.05, 0) is 24.5 Å². The van der Waals surface area contributed by atoms with Gasteiger partial charge < -0.3 is 5.73 Å². The van der Waals surface area contributed by atoms with Gasteiger partial charge in [0, 0.05) is 18.0 Å². The Balaban J connectivity index is 2.79. The Bertz CT molecular complexity index is 347. The highest BCUT2D eigenvalue weighted by molar-refractivity contribution is 5.35. The van der Waals surface area contributed by atoms with Crippen molar-refractivity contribution in [2.45, 2.75) is 32.7 Å². The van der Waals surface area contributed by atoms with Gasteiger partial charge in [0.2, 0.25) is 0 Å². The van der Waals surface area contributed by atoms with E-state index in [1.54, 1.807) is 6.20 Å². The van der Waals surface area contributed by atoms with Crippen LogP contribution >= 0.6 is 0 Å². The molecule has 0 radical (unpaired) electrons. The van der Waals surface area contributed by atoms with Crippen LogP contribution in [0.3, 0.4) is 0 Å². The second kappa shape index (κ2) is 5.41. The highest BCUT2D eigenvalue weighted by Crippen LogP contribution is 2.01. The van der Waals surface area contributed by atoms with E-state index in [1.165, 1.54) is 5.56 Å². The highest BCUT2D eigenvalue weighted by atomic mass is 14.6. The minimum absolute atomic E-state index is 0.0275. The molecule has 74 valence electrons. The maximum absolute atomic E-state index is 5.70. The van der Waals surface area contributed by atoms with E-state index < -0.39 is 0 Å². The third-order valence-electron chi connectivity index (χ3n) is 2.04.